The van der Waals surface area contributed by atoms with Crippen LogP contribution in [0.4, 0.5) is 4.39 Å². The predicted octanol–water partition coefficient (Wildman–Crippen LogP) is 7.11. The summed E-state index contributed by atoms with van der Waals surface area (Å²) in [6.07, 6.45) is 0.186. The second-order valence-electron chi connectivity index (χ2n) is 10.1. The standard InChI is InChI=1S/C30H30FNO4S/c1-17(2)14-32-15-24(16-32)35-22-6-8-23(9-7-22)36-29-25-10-5-21(33)13-26(25)37-30(29)28(34)27-18(3)11-20(31)12-19(27)4/h5-13,17,24,33H,14-16H2,1-4H3. The van der Waals surface area contributed by atoms with Crippen molar-refractivity contribution in [1.82, 2.24) is 4.90 Å². The number of hydrogen-bond donors (Lipinski definition) is 1. The lowest BCUT2D eigenvalue weighted by Gasteiger charge is -2.39. The van der Waals surface area contributed by atoms with Gasteiger partial charge < -0.3 is 14.6 Å². The topological polar surface area (TPSA) is 59.0 Å². The third-order valence-electron chi connectivity index (χ3n) is 6.45. The number of nitrogens with zero attached hydrogens (tertiary/aromatic N) is 1. The molecule has 0 aliphatic carbocycles. The first-order valence-corrected chi connectivity index (χ1v) is 13.2. The molecule has 0 atom stereocenters. The van der Waals surface area contributed by atoms with Gasteiger partial charge in [-0.3, -0.25) is 9.69 Å². The number of phenolic OH excluding ortho intramolecular Hbond substituents is 1. The Hall–Kier alpha value is -3.42. The predicted molar refractivity (Wildman–Crippen MR) is 145 cm³/mol. The highest BCUT2D eigenvalue weighted by Gasteiger charge is 2.29. The number of carbonyl (C=O) groups is 1. The Bertz CT molecular complexity index is 1430. The number of likely N-dealkylation sites (tertiary alicyclic amines) is 1. The maximum atomic E-state index is 13.9. The third-order valence-corrected chi connectivity index (χ3v) is 7.58. The Morgan fingerprint density at radius 3 is 2.35 bits per heavy atom. The van der Waals surface area contributed by atoms with Crippen molar-refractivity contribution in [3.63, 3.8) is 0 Å². The minimum atomic E-state index is -0.374. The molecule has 1 aliphatic rings. The fourth-order valence-electron chi connectivity index (χ4n) is 4.85. The number of rotatable bonds is 8. The lowest BCUT2D eigenvalue weighted by Crippen LogP contribution is -2.54. The molecule has 1 N–H and O–H groups in total. The van der Waals surface area contributed by atoms with Gasteiger partial charge in [0.15, 0.2) is 5.75 Å². The first-order valence-electron chi connectivity index (χ1n) is 12.4. The molecule has 0 bridgehead atoms. The van der Waals surface area contributed by atoms with Crippen LogP contribution in [0.5, 0.6) is 23.0 Å². The molecule has 1 saturated heterocycles. The Kier molecular flexibility index (Phi) is 6.92. The van der Waals surface area contributed by atoms with Gasteiger partial charge in [-0.2, -0.15) is 0 Å². The van der Waals surface area contributed by atoms with Gasteiger partial charge in [0, 0.05) is 35.3 Å². The van der Waals surface area contributed by atoms with Crippen LogP contribution >= 0.6 is 11.3 Å². The summed E-state index contributed by atoms with van der Waals surface area (Å²) < 4.78 is 27.0. The summed E-state index contributed by atoms with van der Waals surface area (Å²) in [5.74, 6) is 1.90. The van der Waals surface area contributed by atoms with E-state index in [1.54, 1.807) is 32.0 Å². The molecule has 1 fully saturated rings. The molecule has 3 aromatic carbocycles. The smallest absolute Gasteiger partial charge is 0.207 e. The lowest BCUT2D eigenvalue weighted by atomic mass is 9.97. The molecule has 7 heteroatoms. The molecule has 4 aromatic rings. The summed E-state index contributed by atoms with van der Waals surface area (Å²) in [6.45, 7) is 10.8. The van der Waals surface area contributed by atoms with Crippen molar-refractivity contribution >= 4 is 27.2 Å². The molecule has 0 saturated carbocycles. The Labute approximate surface area is 220 Å². The van der Waals surface area contributed by atoms with Gasteiger partial charge in [0.2, 0.25) is 5.78 Å². The van der Waals surface area contributed by atoms with E-state index in [-0.39, 0.29) is 23.5 Å². The van der Waals surface area contributed by atoms with Gasteiger partial charge in [0.25, 0.3) is 0 Å². The van der Waals surface area contributed by atoms with Gasteiger partial charge in [-0.15, -0.1) is 11.3 Å². The summed E-state index contributed by atoms with van der Waals surface area (Å²) in [6, 6.07) is 15.1. The van der Waals surface area contributed by atoms with Crippen molar-refractivity contribution in [1.29, 1.82) is 0 Å². The summed E-state index contributed by atoms with van der Waals surface area (Å²) >= 11 is 1.25. The van der Waals surface area contributed by atoms with Gasteiger partial charge in [-0.25, -0.2) is 4.39 Å². The molecular formula is C30H30FNO4S. The molecular weight excluding hydrogens is 489 g/mol. The first kappa shape index (κ1) is 25.2. The summed E-state index contributed by atoms with van der Waals surface area (Å²) in [5.41, 5.74) is 1.59. The summed E-state index contributed by atoms with van der Waals surface area (Å²) in [5, 5.41) is 10.7. The SMILES string of the molecule is Cc1cc(F)cc(C)c1C(=O)c1sc2cc(O)ccc2c1Oc1ccc(OC2CN(CC(C)C)C2)cc1. The number of phenols is 1. The number of halogens is 1. The van der Waals surface area contributed by atoms with Gasteiger partial charge in [-0.05, 0) is 85.5 Å². The van der Waals surface area contributed by atoms with Crippen LogP contribution in [-0.2, 0) is 0 Å². The highest BCUT2D eigenvalue weighted by atomic mass is 32.1. The zero-order valence-electron chi connectivity index (χ0n) is 21.4. The van der Waals surface area contributed by atoms with Crippen molar-refractivity contribution in [3.05, 3.63) is 82.0 Å². The van der Waals surface area contributed by atoms with Gasteiger partial charge in [-0.1, -0.05) is 13.8 Å². The zero-order chi connectivity index (χ0) is 26.3. The molecule has 2 heterocycles. The van der Waals surface area contributed by atoms with E-state index in [1.807, 2.05) is 24.3 Å². The Balaban J connectivity index is 1.40. The number of thiophene rings is 1. The van der Waals surface area contributed by atoms with Crippen molar-refractivity contribution in [2.75, 3.05) is 19.6 Å². The molecule has 1 aliphatic heterocycles. The summed E-state index contributed by atoms with van der Waals surface area (Å²) in [7, 11) is 0. The number of carbonyl (C=O) groups excluding carboxylic acids is 1. The lowest BCUT2D eigenvalue weighted by molar-refractivity contribution is 0.0131. The quantitative estimate of drug-likeness (QED) is 0.252. The second kappa shape index (κ2) is 10.1. The Morgan fingerprint density at radius 2 is 1.70 bits per heavy atom. The van der Waals surface area contributed by atoms with E-state index in [4.69, 9.17) is 9.47 Å². The van der Waals surface area contributed by atoms with Crippen LogP contribution < -0.4 is 9.47 Å². The normalized spacial score (nSPS) is 14.2. The fourth-order valence-corrected chi connectivity index (χ4v) is 5.96. The largest absolute Gasteiger partial charge is 0.508 e. The number of aryl methyl sites for hydroxylation is 2. The van der Waals surface area contributed by atoms with E-state index >= 15 is 0 Å². The molecule has 0 unspecified atom stereocenters. The number of benzene rings is 3. The molecule has 0 amide bonds. The van der Waals surface area contributed by atoms with Crippen molar-refractivity contribution < 1.29 is 23.8 Å². The molecule has 5 rings (SSSR count). The van der Waals surface area contributed by atoms with E-state index in [9.17, 15) is 14.3 Å². The fraction of sp³-hybridized carbons (Fsp3) is 0.300. The molecule has 1 aromatic heterocycles. The minimum absolute atomic E-state index is 0.109. The van der Waals surface area contributed by atoms with Crippen LogP contribution in [0.2, 0.25) is 0 Å². The number of fused-ring (bicyclic) bond motifs is 1. The number of ether oxygens (including phenoxy) is 2. The number of hydrogen-bond acceptors (Lipinski definition) is 6. The summed E-state index contributed by atoms with van der Waals surface area (Å²) in [4.78, 5) is 16.5. The van der Waals surface area contributed by atoms with Gasteiger partial charge >= 0.3 is 0 Å². The van der Waals surface area contributed by atoms with E-state index in [0.717, 1.165) is 35.5 Å². The maximum Gasteiger partial charge on any atom is 0.207 e. The molecule has 0 radical (unpaired) electrons. The van der Waals surface area contributed by atoms with Crippen molar-refractivity contribution in [2.45, 2.75) is 33.8 Å². The third kappa shape index (κ3) is 5.33. The van der Waals surface area contributed by atoms with E-state index in [1.165, 1.54) is 23.5 Å². The van der Waals surface area contributed by atoms with Crippen LogP contribution in [-0.4, -0.2) is 41.5 Å². The van der Waals surface area contributed by atoms with Gasteiger partial charge in [0.05, 0.1) is 0 Å². The molecule has 0 spiro atoms. The number of ketones is 1. The minimum Gasteiger partial charge on any atom is -0.508 e. The average Bonchev–Trinajstić information content (AvgIpc) is 3.15. The highest BCUT2D eigenvalue weighted by molar-refractivity contribution is 7.21. The van der Waals surface area contributed by atoms with Crippen LogP contribution in [0, 0.1) is 25.6 Å². The van der Waals surface area contributed by atoms with Crippen LogP contribution in [0.1, 0.15) is 40.2 Å². The van der Waals surface area contributed by atoms with Crippen molar-refractivity contribution in [3.8, 4) is 23.0 Å². The van der Waals surface area contributed by atoms with Crippen LogP contribution in [0.3, 0.4) is 0 Å². The van der Waals surface area contributed by atoms with Crippen LogP contribution in [0.25, 0.3) is 10.1 Å². The van der Waals surface area contributed by atoms with E-state index in [0.29, 0.717) is 39.0 Å². The first-order chi connectivity index (χ1) is 17.7. The van der Waals surface area contributed by atoms with Crippen LogP contribution in [0.15, 0.2) is 54.6 Å². The van der Waals surface area contributed by atoms with Gasteiger partial charge in [0.1, 0.15) is 34.0 Å². The average molecular weight is 520 g/mol. The molecule has 192 valence electrons. The van der Waals surface area contributed by atoms with E-state index in [2.05, 4.69) is 18.7 Å². The highest BCUT2D eigenvalue weighted by Crippen LogP contribution is 2.43. The molecule has 37 heavy (non-hydrogen) atoms. The van der Waals surface area contributed by atoms with E-state index < -0.39 is 0 Å². The monoisotopic (exact) mass is 519 g/mol. The molecule has 5 nitrogen and oxygen atoms in total. The zero-order valence-corrected chi connectivity index (χ0v) is 22.2. The van der Waals surface area contributed by atoms with Crippen molar-refractivity contribution in [2.24, 2.45) is 5.92 Å². The maximum absolute atomic E-state index is 13.9. The Morgan fingerprint density at radius 1 is 1.05 bits per heavy atom. The number of aromatic hydroxyl groups is 1. The second-order valence-corrected chi connectivity index (χ2v) is 11.2.